The van der Waals surface area contributed by atoms with E-state index >= 15 is 0 Å². The van der Waals surface area contributed by atoms with Gasteiger partial charge in [0.25, 0.3) is 5.91 Å². The lowest BCUT2D eigenvalue weighted by molar-refractivity contribution is -0.00306. The molecule has 0 aliphatic carbocycles. The zero-order valence-electron chi connectivity index (χ0n) is 16.0. The molecule has 0 bridgehead atoms. The molecule has 1 atom stereocenters. The van der Waals surface area contributed by atoms with E-state index in [1.807, 2.05) is 36.4 Å². The zero-order valence-corrected chi connectivity index (χ0v) is 16.7. The second kappa shape index (κ2) is 7.04. The van der Waals surface area contributed by atoms with E-state index in [0.717, 1.165) is 37.4 Å². The van der Waals surface area contributed by atoms with Gasteiger partial charge in [-0.2, -0.15) is 0 Å². The Hall–Kier alpha value is -2.57. The van der Waals surface area contributed by atoms with Crippen LogP contribution in [0.4, 0.5) is 5.69 Å². The average molecular weight is 412 g/mol. The second-order valence-corrected chi connectivity index (χ2v) is 8.21. The molecule has 2 saturated heterocycles. The van der Waals surface area contributed by atoms with Gasteiger partial charge in [0.05, 0.1) is 22.7 Å². The Balaban J connectivity index is 1.36. The highest BCUT2D eigenvalue weighted by Crippen LogP contribution is 2.43. The van der Waals surface area contributed by atoms with E-state index in [9.17, 15) is 9.59 Å². The van der Waals surface area contributed by atoms with E-state index in [1.54, 1.807) is 11.0 Å². The number of rotatable bonds is 2. The molecule has 29 heavy (non-hydrogen) atoms. The molecule has 0 unspecified atom stereocenters. The van der Waals surface area contributed by atoms with Crippen molar-refractivity contribution in [1.82, 2.24) is 10.2 Å². The number of benzene rings is 2. The minimum absolute atomic E-state index is 0.126. The van der Waals surface area contributed by atoms with E-state index < -0.39 is 5.60 Å². The molecule has 0 radical (unpaired) electrons. The molecule has 7 heteroatoms. The van der Waals surface area contributed by atoms with Gasteiger partial charge in [-0.25, -0.2) is 4.79 Å². The van der Waals surface area contributed by atoms with Crippen LogP contribution in [-0.4, -0.2) is 56.0 Å². The molecule has 6 nitrogen and oxygen atoms in total. The molecule has 3 aliphatic rings. The third kappa shape index (κ3) is 3.07. The maximum absolute atomic E-state index is 13.2. The maximum atomic E-state index is 13.2. The molecule has 2 aromatic rings. The highest BCUT2D eigenvalue weighted by Gasteiger charge is 2.51. The van der Waals surface area contributed by atoms with Crippen molar-refractivity contribution in [3.05, 3.63) is 64.2 Å². The van der Waals surface area contributed by atoms with E-state index in [1.165, 1.54) is 0 Å². The summed E-state index contributed by atoms with van der Waals surface area (Å²) >= 11 is 6.50. The minimum Gasteiger partial charge on any atom is -0.449 e. The van der Waals surface area contributed by atoms with Crippen molar-refractivity contribution in [3.63, 3.8) is 0 Å². The van der Waals surface area contributed by atoms with Crippen LogP contribution in [0.2, 0.25) is 5.02 Å². The Morgan fingerprint density at radius 2 is 1.90 bits per heavy atom. The number of esters is 1. The number of piperazine rings is 1. The van der Waals surface area contributed by atoms with Crippen molar-refractivity contribution in [2.45, 2.75) is 12.0 Å². The van der Waals surface area contributed by atoms with E-state index in [-0.39, 0.29) is 11.9 Å². The van der Waals surface area contributed by atoms with Crippen molar-refractivity contribution < 1.29 is 14.3 Å². The summed E-state index contributed by atoms with van der Waals surface area (Å²) in [6, 6.07) is 13.1. The summed E-state index contributed by atoms with van der Waals surface area (Å²) in [6.07, 6.45) is 0.595. The number of nitrogens with one attached hydrogen (secondary N) is 1. The third-order valence-corrected chi connectivity index (χ3v) is 6.42. The number of halogens is 1. The first-order valence-corrected chi connectivity index (χ1v) is 10.3. The van der Waals surface area contributed by atoms with Crippen LogP contribution in [0.15, 0.2) is 42.5 Å². The maximum Gasteiger partial charge on any atom is 0.339 e. The quantitative estimate of drug-likeness (QED) is 0.770. The molecule has 3 aliphatic heterocycles. The summed E-state index contributed by atoms with van der Waals surface area (Å²) in [5, 5.41) is 3.78. The van der Waals surface area contributed by atoms with Gasteiger partial charge in [0, 0.05) is 50.4 Å². The summed E-state index contributed by atoms with van der Waals surface area (Å²) in [7, 11) is 0. The molecule has 0 saturated carbocycles. The van der Waals surface area contributed by atoms with Gasteiger partial charge in [0.2, 0.25) is 0 Å². The first-order valence-electron chi connectivity index (χ1n) is 9.95. The van der Waals surface area contributed by atoms with Crippen molar-refractivity contribution >= 4 is 29.2 Å². The lowest BCUT2D eigenvalue weighted by Gasteiger charge is -2.30. The van der Waals surface area contributed by atoms with Gasteiger partial charge in [0.15, 0.2) is 5.60 Å². The Labute approximate surface area is 174 Å². The normalized spacial score (nSPS) is 23.4. The van der Waals surface area contributed by atoms with Crippen LogP contribution in [0.25, 0.3) is 0 Å². The fraction of sp³-hybridized carbons (Fsp3) is 0.364. The van der Waals surface area contributed by atoms with Crippen LogP contribution >= 0.6 is 11.6 Å². The first kappa shape index (κ1) is 18.5. The van der Waals surface area contributed by atoms with Gasteiger partial charge in [-0.1, -0.05) is 29.8 Å². The number of fused-ring (bicyclic) bond motifs is 2. The fourth-order valence-corrected chi connectivity index (χ4v) is 4.83. The number of carbonyl (C=O) groups excluding carboxylic acids is 2. The van der Waals surface area contributed by atoms with Gasteiger partial charge in [-0.3, -0.25) is 4.79 Å². The van der Waals surface area contributed by atoms with Gasteiger partial charge in [-0.05, 0) is 24.3 Å². The SMILES string of the molecule is O=C1O[C@]2(CCN(C(=O)c3ccc(N4CCNCC4)cc3Cl)C2)c2ccccc21. The van der Waals surface area contributed by atoms with Crippen LogP contribution < -0.4 is 10.2 Å². The molecule has 2 aromatic carbocycles. The average Bonchev–Trinajstić information content (AvgIpc) is 3.30. The van der Waals surface area contributed by atoms with Crippen LogP contribution in [-0.2, 0) is 10.3 Å². The number of amides is 1. The standard InChI is InChI=1S/C22H22ClN3O3/c23-19-13-15(25-11-8-24-9-12-25)5-6-17(19)20(27)26-10-7-22(14-26)18-4-2-1-3-16(18)21(28)29-22/h1-6,13,24H,7-12,14H2/t22-/m0/s1. The molecule has 150 valence electrons. The highest BCUT2D eigenvalue weighted by molar-refractivity contribution is 6.34. The number of nitrogens with zero attached hydrogens (tertiary/aromatic N) is 2. The summed E-state index contributed by atoms with van der Waals surface area (Å²) in [5.41, 5.74) is 2.25. The van der Waals surface area contributed by atoms with Crippen LogP contribution in [0.3, 0.4) is 0 Å². The van der Waals surface area contributed by atoms with Crippen molar-refractivity contribution in [2.24, 2.45) is 0 Å². The number of hydrogen-bond donors (Lipinski definition) is 1. The zero-order chi connectivity index (χ0) is 20.0. The molecule has 5 rings (SSSR count). The molecule has 2 fully saturated rings. The van der Waals surface area contributed by atoms with Gasteiger partial charge in [0.1, 0.15) is 0 Å². The summed E-state index contributed by atoms with van der Waals surface area (Å²) in [4.78, 5) is 29.4. The summed E-state index contributed by atoms with van der Waals surface area (Å²) in [6.45, 7) is 4.59. The second-order valence-electron chi connectivity index (χ2n) is 7.81. The van der Waals surface area contributed by atoms with Crippen LogP contribution in [0.1, 0.15) is 32.7 Å². The molecular formula is C22H22ClN3O3. The summed E-state index contributed by atoms with van der Waals surface area (Å²) in [5.74, 6) is -0.438. The molecule has 1 N–H and O–H groups in total. The fourth-order valence-electron chi connectivity index (χ4n) is 4.57. The number of ether oxygens (including phenoxy) is 1. The molecule has 0 aromatic heterocycles. The lowest BCUT2D eigenvalue weighted by atomic mass is 9.91. The van der Waals surface area contributed by atoms with Crippen molar-refractivity contribution in [3.8, 4) is 0 Å². The first-order chi connectivity index (χ1) is 14.1. The summed E-state index contributed by atoms with van der Waals surface area (Å²) < 4.78 is 5.75. The van der Waals surface area contributed by atoms with E-state index in [4.69, 9.17) is 16.3 Å². The Morgan fingerprint density at radius 1 is 1.10 bits per heavy atom. The van der Waals surface area contributed by atoms with Gasteiger partial charge >= 0.3 is 5.97 Å². The lowest BCUT2D eigenvalue weighted by Crippen LogP contribution is -2.43. The van der Waals surface area contributed by atoms with E-state index in [0.29, 0.717) is 35.7 Å². The van der Waals surface area contributed by atoms with Crippen LogP contribution in [0.5, 0.6) is 0 Å². The Bertz CT molecular complexity index is 989. The monoisotopic (exact) mass is 411 g/mol. The van der Waals surface area contributed by atoms with E-state index in [2.05, 4.69) is 10.2 Å². The van der Waals surface area contributed by atoms with Gasteiger partial charge < -0.3 is 19.9 Å². The molecule has 1 spiro atoms. The van der Waals surface area contributed by atoms with Crippen molar-refractivity contribution in [1.29, 1.82) is 0 Å². The predicted octanol–water partition coefficient (Wildman–Crippen LogP) is 2.66. The number of hydrogen-bond acceptors (Lipinski definition) is 5. The van der Waals surface area contributed by atoms with Crippen molar-refractivity contribution in [2.75, 3.05) is 44.2 Å². The Kier molecular flexibility index (Phi) is 4.48. The molecular weight excluding hydrogens is 390 g/mol. The molecule has 1 amide bonds. The minimum atomic E-state index is -0.740. The largest absolute Gasteiger partial charge is 0.449 e. The highest BCUT2D eigenvalue weighted by atomic mass is 35.5. The number of carbonyl (C=O) groups is 2. The van der Waals surface area contributed by atoms with Gasteiger partial charge in [-0.15, -0.1) is 0 Å². The Morgan fingerprint density at radius 3 is 2.69 bits per heavy atom. The topological polar surface area (TPSA) is 61.9 Å². The smallest absolute Gasteiger partial charge is 0.339 e. The number of likely N-dealkylation sites (tertiary alicyclic amines) is 1. The molecule has 3 heterocycles. The predicted molar refractivity (Wildman–Crippen MR) is 111 cm³/mol. The third-order valence-electron chi connectivity index (χ3n) is 6.11. The van der Waals surface area contributed by atoms with Crippen LogP contribution in [0, 0.1) is 0 Å². The number of anilines is 1.